The van der Waals surface area contributed by atoms with Crippen LogP contribution in [-0.2, 0) is 9.53 Å². The normalized spacial score (nSPS) is 21.5. The monoisotopic (exact) mass is 431 g/mol. The molecule has 0 bridgehead atoms. The molecule has 4 heteroatoms. The average Bonchev–Trinajstić information content (AvgIpc) is 2.66. The Balaban J connectivity index is 1.98. The number of carbonyl (C=O) groups is 1. The molecule has 0 aromatic heterocycles. The number of rotatable bonds is 10. The Labute approximate surface area is 190 Å². The predicted molar refractivity (Wildman–Crippen MR) is 128 cm³/mol. The van der Waals surface area contributed by atoms with Gasteiger partial charge in [0.1, 0.15) is 5.75 Å². The second-order valence-corrected chi connectivity index (χ2v) is 10.8. The lowest BCUT2D eigenvalue weighted by Gasteiger charge is -2.33. The standard InChI is InChI=1S/C27H45NO3/c1-8-9-25(27(5,6)7)21-10-14-23(15-11-21)30-26(18-19(2)3)31-24-16-12-22(13-17-24)28-20(4)29/h10-11,14-15,19,22,24-26H,8-9,12-13,16-18H2,1-7H3,(H,28,29). The molecular formula is C27H45NO3. The minimum Gasteiger partial charge on any atom is -0.465 e. The molecule has 2 rings (SSSR count). The first-order valence-corrected chi connectivity index (χ1v) is 12.3. The van der Waals surface area contributed by atoms with E-state index in [4.69, 9.17) is 9.47 Å². The maximum atomic E-state index is 11.3. The van der Waals surface area contributed by atoms with E-state index < -0.39 is 0 Å². The molecule has 2 atom stereocenters. The first-order chi connectivity index (χ1) is 14.6. The Bertz CT molecular complexity index is 654. The summed E-state index contributed by atoms with van der Waals surface area (Å²) in [4.78, 5) is 11.3. The molecule has 0 aliphatic heterocycles. The molecular weight excluding hydrogens is 386 g/mol. The van der Waals surface area contributed by atoms with Crippen molar-refractivity contribution in [3.63, 3.8) is 0 Å². The highest BCUT2D eigenvalue weighted by molar-refractivity contribution is 5.73. The largest absolute Gasteiger partial charge is 0.465 e. The molecule has 31 heavy (non-hydrogen) atoms. The molecule has 1 aromatic carbocycles. The zero-order valence-corrected chi connectivity index (χ0v) is 20.9. The third-order valence-electron chi connectivity index (χ3n) is 6.26. The number of hydrogen-bond acceptors (Lipinski definition) is 3. The van der Waals surface area contributed by atoms with E-state index in [1.807, 2.05) is 0 Å². The van der Waals surface area contributed by atoms with Gasteiger partial charge in [0.05, 0.1) is 6.10 Å². The molecule has 0 heterocycles. The van der Waals surface area contributed by atoms with E-state index in [0.29, 0.717) is 11.8 Å². The minimum absolute atomic E-state index is 0.0569. The van der Waals surface area contributed by atoms with Crippen molar-refractivity contribution < 1.29 is 14.3 Å². The number of benzene rings is 1. The molecule has 1 N–H and O–H groups in total. The molecule has 0 saturated heterocycles. The Morgan fingerprint density at radius 2 is 1.71 bits per heavy atom. The molecule has 1 saturated carbocycles. The lowest BCUT2D eigenvalue weighted by molar-refractivity contribution is -0.138. The summed E-state index contributed by atoms with van der Waals surface area (Å²) in [5.74, 6) is 1.98. The molecule has 0 radical (unpaired) electrons. The Hall–Kier alpha value is -1.55. The van der Waals surface area contributed by atoms with E-state index >= 15 is 0 Å². The Morgan fingerprint density at radius 3 is 2.19 bits per heavy atom. The van der Waals surface area contributed by atoms with E-state index in [1.165, 1.54) is 18.4 Å². The Morgan fingerprint density at radius 1 is 1.10 bits per heavy atom. The van der Waals surface area contributed by atoms with Crippen LogP contribution in [0.25, 0.3) is 0 Å². The predicted octanol–water partition coefficient (Wildman–Crippen LogP) is 6.83. The van der Waals surface area contributed by atoms with Crippen LogP contribution in [-0.4, -0.2) is 24.3 Å². The lowest BCUT2D eigenvalue weighted by atomic mass is 9.74. The van der Waals surface area contributed by atoms with Gasteiger partial charge in [-0.15, -0.1) is 0 Å². The fraction of sp³-hybridized carbons (Fsp3) is 0.741. The van der Waals surface area contributed by atoms with Gasteiger partial charge in [0, 0.05) is 19.4 Å². The average molecular weight is 432 g/mol. The van der Waals surface area contributed by atoms with E-state index in [0.717, 1.165) is 37.9 Å². The summed E-state index contributed by atoms with van der Waals surface area (Å²) in [7, 11) is 0. The fourth-order valence-corrected chi connectivity index (χ4v) is 4.68. The summed E-state index contributed by atoms with van der Waals surface area (Å²) >= 11 is 0. The summed E-state index contributed by atoms with van der Waals surface area (Å²) in [5.41, 5.74) is 1.64. The third-order valence-corrected chi connectivity index (χ3v) is 6.26. The zero-order valence-electron chi connectivity index (χ0n) is 20.9. The van der Waals surface area contributed by atoms with Gasteiger partial charge in [-0.3, -0.25) is 4.79 Å². The van der Waals surface area contributed by atoms with Gasteiger partial charge in [0.15, 0.2) is 6.29 Å². The molecule has 1 fully saturated rings. The summed E-state index contributed by atoms with van der Waals surface area (Å²) in [6.07, 6.45) is 7.09. The topological polar surface area (TPSA) is 47.6 Å². The van der Waals surface area contributed by atoms with Gasteiger partial charge >= 0.3 is 0 Å². The smallest absolute Gasteiger partial charge is 0.217 e. The van der Waals surface area contributed by atoms with Crippen molar-refractivity contribution in [2.75, 3.05) is 0 Å². The quantitative estimate of drug-likeness (QED) is 0.413. The van der Waals surface area contributed by atoms with Crippen molar-refractivity contribution in [3.05, 3.63) is 29.8 Å². The van der Waals surface area contributed by atoms with E-state index in [2.05, 4.69) is 71.1 Å². The van der Waals surface area contributed by atoms with Gasteiger partial charge in [0.2, 0.25) is 5.91 Å². The molecule has 0 spiro atoms. The van der Waals surface area contributed by atoms with Crippen LogP contribution in [0, 0.1) is 11.3 Å². The van der Waals surface area contributed by atoms with Crippen LogP contribution in [0.1, 0.15) is 105 Å². The molecule has 2 unspecified atom stereocenters. The van der Waals surface area contributed by atoms with Crippen molar-refractivity contribution in [1.29, 1.82) is 0 Å². The van der Waals surface area contributed by atoms with Gasteiger partial charge < -0.3 is 14.8 Å². The van der Waals surface area contributed by atoms with Crippen LogP contribution < -0.4 is 10.1 Å². The van der Waals surface area contributed by atoms with Gasteiger partial charge in [0.25, 0.3) is 0 Å². The van der Waals surface area contributed by atoms with E-state index in [1.54, 1.807) is 6.92 Å². The second-order valence-electron chi connectivity index (χ2n) is 10.8. The van der Waals surface area contributed by atoms with Crippen molar-refractivity contribution in [2.24, 2.45) is 11.3 Å². The number of carbonyl (C=O) groups excluding carboxylic acids is 1. The van der Waals surface area contributed by atoms with Crippen molar-refractivity contribution >= 4 is 5.91 Å². The first-order valence-electron chi connectivity index (χ1n) is 12.3. The van der Waals surface area contributed by atoms with E-state index in [9.17, 15) is 4.79 Å². The SMILES string of the molecule is CCCC(c1ccc(OC(CC(C)C)OC2CCC(NC(C)=O)CC2)cc1)C(C)(C)C. The van der Waals surface area contributed by atoms with E-state index in [-0.39, 0.29) is 29.8 Å². The summed E-state index contributed by atoms with van der Waals surface area (Å²) in [6.45, 7) is 15.2. The van der Waals surface area contributed by atoms with Gasteiger partial charge in [-0.1, -0.05) is 60.1 Å². The highest BCUT2D eigenvalue weighted by Crippen LogP contribution is 2.39. The fourth-order valence-electron chi connectivity index (χ4n) is 4.68. The van der Waals surface area contributed by atoms with Crippen molar-refractivity contribution in [2.45, 2.75) is 118 Å². The summed E-state index contributed by atoms with van der Waals surface area (Å²) < 4.78 is 12.7. The van der Waals surface area contributed by atoms with Crippen molar-refractivity contribution in [3.8, 4) is 5.75 Å². The van der Waals surface area contributed by atoms with Gasteiger partial charge in [-0.05, 0) is 67.1 Å². The maximum Gasteiger partial charge on any atom is 0.217 e. The molecule has 1 amide bonds. The van der Waals surface area contributed by atoms with Crippen molar-refractivity contribution in [1.82, 2.24) is 5.32 Å². The van der Waals surface area contributed by atoms with Crippen LogP contribution in [0.5, 0.6) is 5.75 Å². The second kappa shape index (κ2) is 11.9. The summed E-state index contributed by atoms with van der Waals surface area (Å²) in [6, 6.07) is 8.95. The van der Waals surface area contributed by atoms with Crippen LogP contribution in [0.3, 0.4) is 0 Å². The molecule has 1 aliphatic rings. The first kappa shape index (κ1) is 25.7. The number of hydrogen-bond donors (Lipinski definition) is 1. The molecule has 4 nitrogen and oxygen atoms in total. The van der Waals surface area contributed by atoms with Crippen LogP contribution in [0.2, 0.25) is 0 Å². The molecule has 176 valence electrons. The van der Waals surface area contributed by atoms with Crippen LogP contribution in [0.15, 0.2) is 24.3 Å². The summed E-state index contributed by atoms with van der Waals surface area (Å²) in [5, 5.41) is 3.04. The third kappa shape index (κ3) is 8.84. The molecule has 1 aliphatic carbocycles. The molecule has 1 aromatic rings. The van der Waals surface area contributed by atoms with Gasteiger partial charge in [-0.2, -0.15) is 0 Å². The van der Waals surface area contributed by atoms with Crippen LogP contribution in [0.4, 0.5) is 0 Å². The lowest BCUT2D eigenvalue weighted by Crippen LogP contribution is -2.39. The van der Waals surface area contributed by atoms with Gasteiger partial charge in [-0.25, -0.2) is 0 Å². The maximum absolute atomic E-state index is 11.3. The minimum atomic E-state index is -0.234. The van der Waals surface area contributed by atoms with Crippen LogP contribution >= 0.6 is 0 Å². The Kier molecular flexibility index (Phi) is 9.87. The number of nitrogens with one attached hydrogen (secondary N) is 1. The highest BCUT2D eigenvalue weighted by atomic mass is 16.7. The highest BCUT2D eigenvalue weighted by Gasteiger charge is 2.27. The number of amides is 1. The number of ether oxygens (including phenoxy) is 2. The zero-order chi connectivity index (χ0) is 23.0.